The average molecular weight is 497 g/mol. The van der Waals surface area contributed by atoms with Crippen molar-refractivity contribution in [1.82, 2.24) is 9.80 Å². The van der Waals surface area contributed by atoms with Crippen molar-refractivity contribution in [1.29, 1.82) is 0 Å². The van der Waals surface area contributed by atoms with Gasteiger partial charge in [-0.1, -0.05) is 75.3 Å². The Bertz CT molecular complexity index is 893. The third-order valence-corrected chi connectivity index (χ3v) is 8.79. The van der Waals surface area contributed by atoms with Crippen molar-refractivity contribution in [2.45, 2.75) is 147 Å². The van der Waals surface area contributed by atoms with Crippen molar-refractivity contribution >= 4 is 11.8 Å². The summed E-state index contributed by atoms with van der Waals surface area (Å²) in [4.78, 5) is 31.4. The molecule has 4 rings (SSSR count). The van der Waals surface area contributed by atoms with Gasteiger partial charge in [-0.05, 0) is 58.9 Å². The number of carbonyl (C=O) groups is 2. The third kappa shape index (κ3) is 5.37. The van der Waals surface area contributed by atoms with Crippen LogP contribution in [0.3, 0.4) is 0 Å². The standard InChI is InChI=1S/C31H48N2O3/c1-25(34)33-28(2,3)23-30(24-29(33,4)5)27(35)32(22-26-18-14-13-15-19-26)31(36-30)20-16-11-9-7-6-8-10-12-17-21-31/h13-15,18-19H,6-12,16-17,20-24H2,1-5H3. The molecule has 2 aliphatic heterocycles. The molecule has 2 saturated heterocycles. The minimum Gasteiger partial charge on any atom is -0.339 e. The summed E-state index contributed by atoms with van der Waals surface area (Å²) in [5, 5.41) is 0. The van der Waals surface area contributed by atoms with E-state index in [4.69, 9.17) is 4.74 Å². The topological polar surface area (TPSA) is 49.9 Å². The molecule has 5 heteroatoms. The highest BCUT2D eigenvalue weighted by Gasteiger charge is 2.66. The Kier molecular flexibility index (Phi) is 7.90. The van der Waals surface area contributed by atoms with Gasteiger partial charge in [0, 0.05) is 37.4 Å². The zero-order chi connectivity index (χ0) is 26.0. The Labute approximate surface area is 218 Å². The quantitative estimate of drug-likeness (QED) is 0.443. The number of hydrogen-bond donors (Lipinski definition) is 0. The molecular weight excluding hydrogens is 448 g/mol. The second kappa shape index (κ2) is 10.5. The molecule has 2 spiro atoms. The summed E-state index contributed by atoms with van der Waals surface area (Å²) >= 11 is 0. The fourth-order valence-corrected chi connectivity index (χ4v) is 7.93. The van der Waals surface area contributed by atoms with Gasteiger partial charge in [-0.2, -0.15) is 0 Å². The smallest absolute Gasteiger partial charge is 0.257 e. The van der Waals surface area contributed by atoms with Gasteiger partial charge in [0.15, 0.2) is 5.60 Å². The van der Waals surface area contributed by atoms with E-state index in [0.717, 1.165) is 31.2 Å². The fourth-order valence-electron chi connectivity index (χ4n) is 7.93. The number of likely N-dealkylation sites (tertiary alicyclic amines) is 1. The van der Waals surface area contributed by atoms with E-state index in [1.807, 2.05) is 11.0 Å². The van der Waals surface area contributed by atoms with E-state index in [0.29, 0.717) is 19.4 Å². The molecular formula is C31H48N2O3. The van der Waals surface area contributed by atoms with Crippen LogP contribution in [0.4, 0.5) is 0 Å². The fraction of sp³-hybridized carbons (Fsp3) is 0.742. The first-order valence-corrected chi connectivity index (χ1v) is 14.4. The number of carbonyl (C=O) groups excluding carboxylic acids is 2. The molecule has 36 heavy (non-hydrogen) atoms. The summed E-state index contributed by atoms with van der Waals surface area (Å²) in [6, 6.07) is 10.4. The maximum absolute atomic E-state index is 14.6. The first-order valence-electron chi connectivity index (χ1n) is 14.4. The van der Waals surface area contributed by atoms with Crippen molar-refractivity contribution in [3.8, 4) is 0 Å². The third-order valence-electron chi connectivity index (χ3n) is 8.79. The van der Waals surface area contributed by atoms with Crippen LogP contribution in [0.1, 0.15) is 124 Å². The molecule has 0 unspecified atom stereocenters. The number of piperidine rings is 1. The molecule has 0 atom stereocenters. The van der Waals surface area contributed by atoms with Gasteiger partial charge >= 0.3 is 0 Å². The summed E-state index contributed by atoms with van der Waals surface area (Å²) in [5.74, 6) is 0.190. The largest absolute Gasteiger partial charge is 0.339 e. The SMILES string of the molecule is CC(=O)N1C(C)(C)CC2(CC1(C)C)OC1(CCCCCCCCCCC1)N(Cc1ccccc1)C2=O. The van der Waals surface area contributed by atoms with Crippen LogP contribution >= 0.6 is 0 Å². The maximum atomic E-state index is 14.6. The zero-order valence-corrected chi connectivity index (χ0v) is 23.4. The second-order valence-electron chi connectivity index (χ2n) is 12.9. The molecule has 3 fully saturated rings. The summed E-state index contributed by atoms with van der Waals surface area (Å²) in [7, 11) is 0. The lowest BCUT2D eigenvalue weighted by Gasteiger charge is -2.57. The molecule has 0 bridgehead atoms. The maximum Gasteiger partial charge on any atom is 0.257 e. The molecule has 1 aliphatic carbocycles. The lowest BCUT2D eigenvalue weighted by Crippen LogP contribution is -2.68. The Hall–Kier alpha value is -1.88. The lowest BCUT2D eigenvalue weighted by molar-refractivity contribution is -0.202. The molecule has 1 aromatic rings. The summed E-state index contributed by atoms with van der Waals surface area (Å²) in [6.45, 7) is 10.6. The Morgan fingerprint density at radius 2 is 1.28 bits per heavy atom. The van der Waals surface area contributed by atoms with Crippen LogP contribution in [0.15, 0.2) is 30.3 Å². The van der Waals surface area contributed by atoms with E-state index in [2.05, 4.69) is 56.9 Å². The highest BCUT2D eigenvalue weighted by Crippen LogP contribution is 2.54. The van der Waals surface area contributed by atoms with Crippen LogP contribution in [-0.4, -0.2) is 44.0 Å². The van der Waals surface area contributed by atoms with E-state index < -0.39 is 22.4 Å². The van der Waals surface area contributed by atoms with Crippen molar-refractivity contribution in [3.63, 3.8) is 0 Å². The number of rotatable bonds is 2. The van der Waals surface area contributed by atoms with Crippen LogP contribution in [0.25, 0.3) is 0 Å². The molecule has 5 nitrogen and oxygen atoms in total. The van der Waals surface area contributed by atoms with Gasteiger partial charge in [0.2, 0.25) is 5.91 Å². The van der Waals surface area contributed by atoms with Crippen molar-refractivity contribution in [3.05, 3.63) is 35.9 Å². The molecule has 1 saturated carbocycles. The predicted octanol–water partition coefficient (Wildman–Crippen LogP) is 6.98. The van der Waals surface area contributed by atoms with E-state index >= 15 is 0 Å². The second-order valence-corrected chi connectivity index (χ2v) is 12.9. The van der Waals surface area contributed by atoms with Gasteiger partial charge in [-0.25, -0.2) is 0 Å². The monoisotopic (exact) mass is 496 g/mol. The zero-order valence-electron chi connectivity index (χ0n) is 23.4. The van der Waals surface area contributed by atoms with Crippen LogP contribution in [-0.2, 0) is 20.9 Å². The van der Waals surface area contributed by atoms with Crippen molar-refractivity contribution in [2.75, 3.05) is 0 Å². The van der Waals surface area contributed by atoms with Crippen LogP contribution < -0.4 is 0 Å². The molecule has 2 amide bonds. The van der Waals surface area contributed by atoms with Gasteiger partial charge in [-0.15, -0.1) is 0 Å². The average Bonchev–Trinajstić information content (AvgIpc) is 2.97. The highest BCUT2D eigenvalue weighted by atomic mass is 16.6. The number of nitrogens with zero attached hydrogens (tertiary/aromatic N) is 2. The van der Waals surface area contributed by atoms with Crippen LogP contribution in [0, 0.1) is 0 Å². The number of amides is 2. The van der Waals surface area contributed by atoms with E-state index in [1.54, 1.807) is 6.92 Å². The number of benzene rings is 1. The predicted molar refractivity (Wildman–Crippen MR) is 144 cm³/mol. The van der Waals surface area contributed by atoms with Gasteiger partial charge in [-0.3, -0.25) is 9.59 Å². The first-order chi connectivity index (χ1) is 17.0. The molecule has 3 aliphatic rings. The highest BCUT2D eigenvalue weighted by molar-refractivity contribution is 5.89. The van der Waals surface area contributed by atoms with Gasteiger partial charge < -0.3 is 14.5 Å². The normalized spacial score (nSPS) is 26.0. The summed E-state index contributed by atoms with van der Waals surface area (Å²) < 4.78 is 7.26. The summed E-state index contributed by atoms with van der Waals surface area (Å²) in [6.07, 6.45) is 13.9. The van der Waals surface area contributed by atoms with Gasteiger partial charge in [0.1, 0.15) is 5.72 Å². The van der Waals surface area contributed by atoms with Gasteiger partial charge in [0.05, 0.1) is 0 Å². The Morgan fingerprint density at radius 1 is 0.806 bits per heavy atom. The van der Waals surface area contributed by atoms with E-state index in [9.17, 15) is 9.59 Å². The van der Waals surface area contributed by atoms with Crippen LogP contribution in [0.5, 0.6) is 0 Å². The van der Waals surface area contributed by atoms with Gasteiger partial charge in [0.25, 0.3) is 5.91 Å². The molecule has 0 aromatic heterocycles. The molecule has 0 N–H and O–H groups in total. The minimum absolute atomic E-state index is 0.0622. The first kappa shape index (κ1) is 27.2. The van der Waals surface area contributed by atoms with Crippen molar-refractivity contribution < 1.29 is 14.3 Å². The molecule has 200 valence electrons. The van der Waals surface area contributed by atoms with E-state index in [1.165, 1.54) is 44.9 Å². The van der Waals surface area contributed by atoms with Crippen LogP contribution in [0.2, 0.25) is 0 Å². The Morgan fingerprint density at radius 3 is 1.75 bits per heavy atom. The Balaban J connectivity index is 1.73. The molecule has 2 heterocycles. The number of hydrogen-bond acceptors (Lipinski definition) is 3. The summed E-state index contributed by atoms with van der Waals surface area (Å²) in [5.41, 5.74) is -1.27. The molecule has 0 radical (unpaired) electrons. The molecule has 1 aromatic carbocycles. The lowest BCUT2D eigenvalue weighted by atomic mass is 9.70. The number of ether oxygens (including phenoxy) is 1. The minimum atomic E-state index is -0.898. The van der Waals surface area contributed by atoms with E-state index in [-0.39, 0.29) is 11.8 Å². The van der Waals surface area contributed by atoms with Crippen molar-refractivity contribution in [2.24, 2.45) is 0 Å².